The van der Waals surface area contributed by atoms with Crippen molar-refractivity contribution in [2.75, 3.05) is 6.26 Å². The van der Waals surface area contributed by atoms with Crippen LogP contribution in [-0.4, -0.2) is 14.7 Å². The van der Waals surface area contributed by atoms with E-state index < -0.39 is 9.84 Å². The number of sulfone groups is 1. The van der Waals surface area contributed by atoms with Gasteiger partial charge in [0, 0.05) is 10.8 Å². The molecule has 0 saturated heterocycles. The zero-order chi connectivity index (χ0) is 11.6. The van der Waals surface area contributed by atoms with Crippen LogP contribution in [0.4, 0.5) is 0 Å². The van der Waals surface area contributed by atoms with Crippen molar-refractivity contribution in [2.45, 2.75) is 0 Å². The van der Waals surface area contributed by atoms with Crippen molar-refractivity contribution in [3.63, 3.8) is 0 Å². The van der Waals surface area contributed by atoms with E-state index in [0.717, 1.165) is 22.6 Å². The molecule has 0 bridgehead atoms. The van der Waals surface area contributed by atoms with Crippen LogP contribution in [0.2, 0.25) is 0 Å². The van der Waals surface area contributed by atoms with Crippen molar-refractivity contribution >= 4 is 20.6 Å². The largest absolute Gasteiger partial charge is 0.216 e. The number of hydrogen-bond donors (Lipinski definition) is 0. The Hall–Kier alpha value is -1.79. The molecule has 0 radical (unpaired) electrons. The topological polar surface area (TPSA) is 34.1 Å². The van der Waals surface area contributed by atoms with Gasteiger partial charge in [-0.15, -0.1) is 0 Å². The van der Waals surface area contributed by atoms with Crippen molar-refractivity contribution in [3.8, 4) is 11.2 Å². The van der Waals surface area contributed by atoms with Crippen LogP contribution in [0, 0.1) is 11.2 Å². The van der Waals surface area contributed by atoms with Gasteiger partial charge in [0.1, 0.15) is 0 Å². The number of fused-ring (bicyclic) bond motifs is 1. The van der Waals surface area contributed by atoms with Gasteiger partial charge in [0.05, 0.1) is 6.26 Å². The molecule has 3 heteroatoms. The SMILES string of the molecule is CS(=O)(=O)C#Cc1cccc2ccccc12. The standard InChI is InChI=1S/C13H10O2S/c1-16(14,15)10-9-12-7-4-6-11-5-2-3-8-13(11)12/h2-8H,1H3. The van der Waals surface area contributed by atoms with Gasteiger partial charge in [0.15, 0.2) is 0 Å². The van der Waals surface area contributed by atoms with E-state index in [4.69, 9.17) is 0 Å². The Labute approximate surface area is 94.8 Å². The summed E-state index contributed by atoms with van der Waals surface area (Å²) >= 11 is 0. The molecule has 2 aromatic rings. The van der Waals surface area contributed by atoms with E-state index in [2.05, 4.69) is 11.2 Å². The first kappa shape index (κ1) is 10.7. The molecule has 0 aliphatic rings. The van der Waals surface area contributed by atoms with Gasteiger partial charge in [-0.25, -0.2) is 8.42 Å². The Morgan fingerprint density at radius 2 is 1.69 bits per heavy atom. The quantitative estimate of drug-likeness (QED) is 0.650. The van der Waals surface area contributed by atoms with Gasteiger partial charge >= 0.3 is 0 Å². The van der Waals surface area contributed by atoms with Crippen molar-refractivity contribution in [1.29, 1.82) is 0 Å². The Kier molecular flexibility index (Phi) is 2.67. The monoisotopic (exact) mass is 230 g/mol. The number of benzene rings is 2. The van der Waals surface area contributed by atoms with E-state index in [9.17, 15) is 8.42 Å². The van der Waals surface area contributed by atoms with Crippen molar-refractivity contribution in [3.05, 3.63) is 48.0 Å². The third kappa shape index (κ3) is 2.41. The molecule has 2 rings (SSSR count). The van der Waals surface area contributed by atoms with E-state index in [0.29, 0.717) is 0 Å². The molecule has 0 aliphatic carbocycles. The van der Waals surface area contributed by atoms with Gasteiger partial charge in [-0.05, 0) is 22.8 Å². The summed E-state index contributed by atoms with van der Waals surface area (Å²) in [6.07, 6.45) is 1.10. The Bertz CT molecular complexity index is 683. The maximum Gasteiger partial charge on any atom is 0.214 e. The lowest BCUT2D eigenvalue weighted by Crippen LogP contribution is -1.89. The molecule has 0 spiro atoms. The fourth-order valence-electron chi connectivity index (χ4n) is 1.48. The minimum Gasteiger partial charge on any atom is -0.216 e. The molecule has 0 heterocycles. The first-order valence-corrected chi connectivity index (χ1v) is 6.66. The lowest BCUT2D eigenvalue weighted by molar-refractivity contribution is 0.611. The lowest BCUT2D eigenvalue weighted by Gasteiger charge is -1.98. The van der Waals surface area contributed by atoms with Crippen LogP contribution in [0.1, 0.15) is 5.56 Å². The molecule has 0 amide bonds. The van der Waals surface area contributed by atoms with Crippen molar-refractivity contribution in [2.24, 2.45) is 0 Å². The lowest BCUT2D eigenvalue weighted by atomic mass is 10.1. The summed E-state index contributed by atoms with van der Waals surface area (Å²) in [5, 5.41) is 4.28. The minimum absolute atomic E-state index is 0.739. The molecule has 2 nitrogen and oxygen atoms in total. The average Bonchev–Trinajstić information content (AvgIpc) is 2.25. The highest BCUT2D eigenvalue weighted by atomic mass is 32.2. The summed E-state index contributed by atoms with van der Waals surface area (Å²) in [6, 6.07) is 13.4. The van der Waals surface area contributed by atoms with Crippen LogP contribution in [0.25, 0.3) is 10.8 Å². The maximum atomic E-state index is 11.0. The first-order valence-electron chi connectivity index (χ1n) is 4.77. The van der Waals surface area contributed by atoms with Gasteiger partial charge in [-0.3, -0.25) is 0 Å². The smallest absolute Gasteiger partial charge is 0.214 e. The summed E-state index contributed by atoms with van der Waals surface area (Å²) in [6.45, 7) is 0. The zero-order valence-electron chi connectivity index (χ0n) is 8.77. The van der Waals surface area contributed by atoms with Crippen LogP contribution >= 0.6 is 0 Å². The molecule has 0 aromatic heterocycles. The maximum absolute atomic E-state index is 11.0. The van der Waals surface area contributed by atoms with Crippen molar-refractivity contribution in [1.82, 2.24) is 0 Å². The molecular weight excluding hydrogens is 220 g/mol. The molecule has 2 aromatic carbocycles. The van der Waals surface area contributed by atoms with Crippen molar-refractivity contribution < 1.29 is 8.42 Å². The van der Waals surface area contributed by atoms with E-state index in [-0.39, 0.29) is 0 Å². The second-order valence-electron chi connectivity index (χ2n) is 3.53. The highest BCUT2D eigenvalue weighted by molar-refractivity contribution is 7.95. The second kappa shape index (κ2) is 3.99. The van der Waals surface area contributed by atoms with Gasteiger partial charge < -0.3 is 0 Å². The molecular formula is C13H10O2S. The Balaban J connectivity index is 2.65. The normalized spacial score (nSPS) is 10.8. The third-order valence-corrected chi connectivity index (χ3v) is 2.63. The summed E-state index contributed by atoms with van der Waals surface area (Å²) in [7, 11) is -3.25. The number of rotatable bonds is 0. The average molecular weight is 230 g/mol. The summed E-state index contributed by atoms with van der Waals surface area (Å²) < 4.78 is 21.9. The van der Waals surface area contributed by atoms with Gasteiger partial charge in [-0.1, -0.05) is 36.4 Å². The third-order valence-electron chi connectivity index (χ3n) is 2.16. The van der Waals surface area contributed by atoms with Crippen LogP contribution in [0.15, 0.2) is 42.5 Å². The van der Waals surface area contributed by atoms with Gasteiger partial charge in [0.2, 0.25) is 9.84 Å². The van der Waals surface area contributed by atoms with Crippen LogP contribution in [0.3, 0.4) is 0 Å². The van der Waals surface area contributed by atoms with E-state index >= 15 is 0 Å². The summed E-state index contributed by atoms with van der Waals surface area (Å²) in [5.41, 5.74) is 0.739. The van der Waals surface area contributed by atoms with Crippen LogP contribution < -0.4 is 0 Å². The first-order chi connectivity index (χ1) is 7.56. The van der Waals surface area contributed by atoms with E-state index in [1.165, 1.54) is 0 Å². The molecule has 0 saturated carbocycles. The highest BCUT2D eigenvalue weighted by Crippen LogP contribution is 2.17. The summed E-state index contributed by atoms with van der Waals surface area (Å²) in [5.74, 6) is 2.69. The Morgan fingerprint density at radius 1 is 1.00 bits per heavy atom. The molecule has 0 unspecified atom stereocenters. The number of hydrogen-bond acceptors (Lipinski definition) is 2. The van der Waals surface area contributed by atoms with Gasteiger partial charge in [-0.2, -0.15) is 0 Å². The van der Waals surface area contributed by atoms with E-state index in [1.807, 2.05) is 42.5 Å². The Morgan fingerprint density at radius 3 is 2.44 bits per heavy atom. The predicted molar refractivity (Wildman–Crippen MR) is 65.7 cm³/mol. The second-order valence-corrected chi connectivity index (χ2v) is 5.27. The molecule has 0 atom stereocenters. The van der Waals surface area contributed by atoms with Gasteiger partial charge in [0.25, 0.3) is 0 Å². The molecule has 0 aliphatic heterocycles. The molecule has 0 N–H and O–H groups in total. The molecule has 16 heavy (non-hydrogen) atoms. The predicted octanol–water partition coefficient (Wildman–Crippen LogP) is 2.19. The van der Waals surface area contributed by atoms with E-state index in [1.54, 1.807) is 0 Å². The fourth-order valence-corrected chi connectivity index (χ4v) is 1.78. The van der Waals surface area contributed by atoms with Crippen LogP contribution in [0.5, 0.6) is 0 Å². The highest BCUT2D eigenvalue weighted by Gasteiger charge is 1.97. The fraction of sp³-hybridized carbons (Fsp3) is 0.0769. The summed E-state index contributed by atoms with van der Waals surface area (Å²) in [4.78, 5) is 0. The van der Waals surface area contributed by atoms with Crippen LogP contribution in [-0.2, 0) is 9.84 Å². The minimum atomic E-state index is -3.25. The molecule has 80 valence electrons. The zero-order valence-corrected chi connectivity index (χ0v) is 9.58. The molecule has 0 fully saturated rings.